The molecule has 4 aromatic carbocycles. The molecule has 5 aromatic heterocycles. The van der Waals surface area contributed by atoms with E-state index in [1.54, 1.807) is 6.20 Å². The Morgan fingerprint density at radius 3 is 1.50 bits per heavy atom. The predicted octanol–water partition coefficient (Wildman–Crippen LogP) is 5.97. The molecule has 0 saturated carbocycles. The maximum Gasteiger partial charge on any atom is 0.239 e. The summed E-state index contributed by atoms with van der Waals surface area (Å²) in [5.41, 5.74) is 8.14. The van der Waals surface area contributed by atoms with Crippen molar-refractivity contribution in [2.75, 3.05) is 0 Å². The number of para-hydroxylation sites is 8. The quantitative estimate of drug-likeness (QED) is 0.300. The summed E-state index contributed by atoms with van der Waals surface area (Å²) in [7, 11) is 0. The summed E-state index contributed by atoms with van der Waals surface area (Å²) < 4.78 is 8.50. The molecule has 0 spiro atoms. The monoisotopic (exact) mass is 490 g/mol. The fraction of sp³-hybridized carbons (Fsp3) is 0. The lowest BCUT2D eigenvalue weighted by molar-refractivity contribution is 0.927. The predicted molar refractivity (Wildman–Crippen MR) is 148 cm³/mol. The van der Waals surface area contributed by atoms with Crippen molar-refractivity contribution in [3.8, 4) is 11.8 Å². The van der Waals surface area contributed by atoms with Crippen LogP contribution in [0.2, 0.25) is 0 Å². The van der Waals surface area contributed by atoms with Crippen molar-refractivity contribution in [1.29, 1.82) is 0 Å². The Hall–Kier alpha value is -5.50. The zero-order valence-corrected chi connectivity index (χ0v) is 20.0. The highest BCUT2D eigenvalue weighted by atomic mass is 15.3. The molecule has 0 radical (unpaired) electrons. The van der Waals surface area contributed by atoms with Crippen LogP contribution in [0.5, 0.6) is 0 Å². The maximum atomic E-state index is 5.11. The summed E-state index contributed by atoms with van der Waals surface area (Å²) in [4.78, 5) is 19.8. The Morgan fingerprint density at radius 1 is 0.421 bits per heavy atom. The van der Waals surface area contributed by atoms with Crippen molar-refractivity contribution in [2.45, 2.75) is 0 Å². The number of hydrogen-bond acceptors (Lipinski definition) is 4. The molecule has 5 heterocycles. The third-order valence-electron chi connectivity index (χ3n) is 7.27. The van der Waals surface area contributed by atoms with Gasteiger partial charge in [0.15, 0.2) is 0 Å². The zero-order chi connectivity index (χ0) is 24.8. The van der Waals surface area contributed by atoms with Crippen molar-refractivity contribution in [3.05, 3.63) is 109 Å². The molecule has 0 amide bonds. The second-order valence-electron chi connectivity index (χ2n) is 9.33. The lowest BCUT2D eigenvalue weighted by Crippen LogP contribution is -2.06. The SMILES string of the molecule is c1ccc2c(c1)nc1n(-c3ccnc(-n4c5ccccc5n5c6ccccc6nc45)n3)c3ccccc3n21. The summed E-state index contributed by atoms with van der Waals surface area (Å²) in [6.07, 6.45) is 1.81. The standard InChI is InChI=1S/C30H18N8/c1-3-11-21-19(9-1)32-29-35(21)23-13-5-7-15-25(23)37(29)27-17-18-31-28(34-27)38-26-16-8-6-14-24(26)36-22-12-4-2-10-20(22)33-30(36)38/h1-18H. The Morgan fingerprint density at radius 2 is 0.895 bits per heavy atom. The van der Waals surface area contributed by atoms with Crippen LogP contribution in [-0.4, -0.2) is 37.9 Å². The summed E-state index contributed by atoms with van der Waals surface area (Å²) in [5, 5.41) is 0. The van der Waals surface area contributed by atoms with Gasteiger partial charge in [-0.3, -0.25) is 13.4 Å². The van der Waals surface area contributed by atoms with Gasteiger partial charge in [0.25, 0.3) is 0 Å². The van der Waals surface area contributed by atoms with Crippen LogP contribution in [-0.2, 0) is 0 Å². The van der Waals surface area contributed by atoms with E-state index in [0.29, 0.717) is 5.95 Å². The second-order valence-corrected chi connectivity index (χ2v) is 9.33. The molecule has 0 aliphatic rings. The highest BCUT2D eigenvalue weighted by Gasteiger charge is 2.21. The van der Waals surface area contributed by atoms with Crippen LogP contribution in [0.1, 0.15) is 0 Å². The third-order valence-corrected chi connectivity index (χ3v) is 7.27. The van der Waals surface area contributed by atoms with Crippen molar-refractivity contribution < 1.29 is 0 Å². The van der Waals surface area contributed by atoms with Crippen molar-refractivity contribution >= 4 is 55.7 Å². The fourth-order valence-electron chi connectivity index (χ4n) is 5.70. The average Bonchev–Trinajstić information content (AvgIpc) is 3.69. The van der Waals surface area contributed by atoms with Gasteiger partial charge in [-0.05, 0) is 48.5 Å². The molecule has 0 aliphatic carbocycles. The molecule has 0 saturated heterocycles. The van der Waals surface area contributed by atoms with Crippen LogP contribution in [0.3, 0.4) is 0 Å². The highest BCUT2D eigenvalue weighted by Crippen LogP contribution is 2.30. The highest BCUT2D eigenvalue weighted by molar-refractivity contribution is 5.93. The summed E-state index contributed by atoms with van der Waals surface area (Å²) in [6, 6.07) is 34.9. The van der Waals surface area contributed by atoms with E-state index in [2.05, 4.69) is 55.8 Å². The van der Waals surface area contributed by atoms with Gasteiger partial charge in [-0.2, -0.15) is 4.98 Å². The van der Waals surface area contributed by atoms with E-state index in [0.717, 1.165) is 61.5 Å². The lowest BCUT2D eigenvalue weighted by atomic mass is 10.3. The molecule has 9 aromatic rings. The molecular formula is C30H18N8. The van der Waals surface area contributed by atoms with Gasteiger partial charge in [0.1, 0.15) is 5.82 Å². The molecular weight excluding hydrogens is 472 g/mol. The van der Waals surface area contributed by atoms with Gasteiger partial charge in [0, 0.05) is 12.3 Å². The van der Waals surface area contributed by atoms with Gasteiger partial charge in [-0.25, -0.2) is 19.5 Å². The van der Waals surface area contributed by atoms with Gasteiger partial charge in [-0.15, -0.1) is 0 Å². The van der Waals surface area contributed by atoms with Gasteiger partial charge >= 0.3 is 0 Å². The molecule has 8 nitrogen and oxygen atoms in total. The number of aromatic nitrogens is 8. The van der Waals surface area contributed by atoms with E-state index in [9.17, 15) is 0 Å². The second kappa shape index (κ2) is 7.04. The number of hydrogen-bond donors (Lipinski definition) is 0. The molecule has 0 unspecified atom stereocenters. The van der Waals surface area contributed by atoms with Crippen LogP contribution in [0.15, 0.2) is 109 Å². The maximum absolute atomic E-state index is 5.11. The Kier molecular flexibility index (Phi) is 3.64. The largest absolute Gasteiger partial charge is 0.276 e. The van der Waals surface area contributed by atoms with E-state index in [-0.39, 0.29) is 0 Å². The molecule has 38 heavy (non-hydrogen) atoms. The summed E-state index contributed by atoms with van der Waals surface area (Å²) in [6.45, 7) is 0. The van der Waals surface area contributed by atoms with Gasteiger partial charge in [-0.1, -0.05) is 48.5 Å². The molecule has 0 fully saturated rings. The minimum Gasteiger partial charge on any atom is -0.276 e. The van der Waals surface area contributed by atoms with Gasteiger partial charge in [0.2, 0.25) is 17.5 Å². The molecule has 0 bridgehead atoms. The first-order valence-electron chi connectivity index (χ1n) is 12.4. The first-order valence-corrected chi connectivity index (χ1v) is 12.4. The molecule has 178 valence electrons. The van der Waals surface area contributed by atoms with Crippen molar-refractivity contribution in [2.24, 2.45) is 0 Å². The number of fused-ring (bicyclic) bond motifs is 10. The Bertz CT molecular complexity index is 2200. The molecule has 0 aliphatic heterocycles. The van der Waals surface area contributed by atoms with Crippen LogP contribution < -0.4 is 0 Å². The minimum absolute atomic E-state index is 0.552. The number of rotatable bonds is 2. The molecule has 0 atom stereocenters. The number of imidazole rings is 4. The lowest BCUT2D eigenvalue weighted by Gasteiger charge is -2.08. The van der Waals surface area contributed by atoms with E-state index in [4.69, 9.17) is 19.9 Å². The first-order chi connectivity index (χ1) is 18.9. The third kappa shape index (κ3) is 2.43. The van der Waals surface area contributed by atoms with E-state index < -0.39 is 0 Å². The molecule has 8 heteroatoms. The van der Waals surface area contributed by atoms with Crippen molar-refractivity contribution in [3.63, 3.8) is 0 Å². The molecule has 0 N–H and O–H groups in total. The number of benzene rings is 4. The van der Waals surface area contributed by atoms with E-state index in [1.807, 2.05) is 65.2 Å². The van der Waals surface area contributed by atoms with Crippen molar-refractivity contribution in [1.82, 2.24) is 37.9 Å². The van der Waals surface area contributed by atoms with Crippen LogP contribution >= 0.6 is 0 Å². The van der Waals surface area contributed by atoms with Gasteiger partial charge in [0.05, 0.1) is 44.1 Å². The minimum atomic E-state index is 0.552. The topological polar surface area (TPSA) is 70.2 Å². The Balaban J connectivity index is 1.37. The summed E-state index contributed by atoms with van der Waals surface area (Å²) >= 11 is 0. The van der Waals surface area contributed by atoms with E-state index in [1.165, 1.54) is 0 Å². The fourth-order valence-corrected chi connectivity index (χ4v) is 5.70. The summed E-state index contributed by atoms with van der Waals surface area (Å²) in [5.74, 6) is 2.88. The van der Waals surface area contributed by atoms with Gasteiger partial charge < -0.3 is 0 Å². The Labute approximate surface area is 214 Å². The van der Waals surface area contributed by atoms with Crippen LogP contribution in [0.4, 0.5) is 0 Å². The van der Waals surface area contributed by atoms with Crippen LogP contribution in [0, 0.1) is 0 Å². The normalized spacial score (nSPS) is 12.2. The number of nitrogens with zero attached hydrogens (tertiary/aromatic N) is 8. The smallest absolute Gasteiger partial charge is 0.239 e. The molecule has 9 rings (SSSR count). The van der Waals surface area contributed by atoms with Crippen LogP contribution in [0.25, 0.3) is 67.5 Å². The zero-order valence-electron chi connectivity index (χ0n) is 20.0. The first kappa shape index (κ1) is 19.7. The average molecular weight is 491 g/mol. The van der Waals surface area contributed by atoms with E-state index >= 15 is 0 Å².